The van der Waals surface area contributed by atoms with Crippen LogP contribution in [0.15, 0.2) is 96.1 Å². The maximum Gasteiger partial charge on any atom is 0.355 e. The second-order valence-electron chi connectivity index (χ2n) is 8.17. The van der Waals surface area contributed by atoms with Gasteiger partial charge in [-0.15, -0.1) is 11.3 Å². The third-order valence-electron chi connectivity index (χ3n) is 5.68. The maximum absolute atomic E-state index is 12.8. The largest absolute Gasteiger partial charge is 0.422 e. The zero-order chi connectivity index (χ0) is 26.5. The molecular weight excluding hydrogens is 522 g/mol. The monoisotopic (exact) mass is 541 g/mol. The molecular formula is C29H20ClN3O4S. The number of rotatable bonds is 7. The smallest absolute Gasteiger partial charge is 0.355 e. The van der Waals surface area contributed by atoms with E-state index in [1.165, 1.54) is 17.6 Å². The standard InChI is InChI=1S/C29H20ClN3O4S/c30-26-22-12-4-6-15-24(22)38-27(26)29(36)37-23-14-5-2-9-19(23)16-32-33-25(34)17-31-28(35)21-13-7-10-18-8-1-3-11-20(18)21/h1-16H,17H2,(H,31,35)(H,33,34)/b32-16-. The number of nitrogens with zero attached hydrogens (tertiary/aromatic N) is 1. The molecule has 7 nitrogen and oxygen atoms in total. The number of carbonyl (C=O) groups excluding carboxylic acids is 3. The Morgan fingerprint density at radius 2 is 1.58 bits per heavy atom. The molecule has 0 fully saturated rings. The highest BCUT2D eigenvalue weighted by molar-refractivity contribution is 7.21. The topological polar surface area (TPSA) is 96.9 Å². The number of para-hydroxylation sites is 1. The van der Waals surface area contributed by atoms with Gasteiger partial charge in [0.25, 0.3) is 11.8 Å². The highest BCUT2D eigenvalue weighted by Gasteiger charge is 2.20. The summed E-state index contributed by atoms with van der Waals surface area (Å²) in [7, 11) is 0. The predicted octanol–water partition coefficient (Wildman–Crippen LogP) is 5.81. The normalized spacial score (nSPS) is 11.1. The molecule has 1 heterocycles. The highest BCUT2D eigenvalue weighted by Crippen LogP contribution is 2.36. The molecule has 0 bridgehead atoms. The summed E-state index contributed by atoms with van der Waals surface area (Å²) in [4.78, 5) is 38.0. The molecule has 0 aliphatic heterocycles. The molecule has 9 heteroatoms. The van der Waals surface area contributed by atoms with Gasteiger partial charge in [0, 0.05) is 21.2 Å². The zero-order valence-electron chi connectivity index (χ0n) is 19.8. The first-order valence-electron chi connectivity index (χ1n) is 11.6. The Labute approximate surface area is 226 Å². The first-order chi connectivity index (χ1) is 18.5. The van der Waals surface area contributed by atoms with Crippen LogP contribution in [0.3, 0.4) is 0 Å². The van der Waals surface area contributed by atoms with Crippen LogP contribution in [0.2, 0.25) is 5.02 Å². The van der Waals surface area contributed by atoms with Crippen LogP contribution >= 0.6 is 22.9 Å². The van der Waals surface area contributed by atoms with E-state index in [0.717, 1.165) is 20.9 Å². The quantitative estimate of drug-likeness (QED) is 0.118. The predicted molar refractivity (Wildman–Crippen MR) is 150 cm³/mol. The van der Waals surface area contributed by atoms with Crippen LogP contribution in [-0.4, -0.2) is 30.5 Å². The molecule has 4 aromatic carbocycles. The third-order valence-corrected chi connectivity index (χ3v) is 7.33. The third kappa shape index (κ3) is 5.41. The van der Waals surface area contributed by atoms with Gasteiger partial charge in [-0.3, -0.25) is 9.59 Å². The van der Waals surface area contributed by atoms with Crippen molar-refractivity contribution in [2.45, 2.75) is 0 Å². The number of benzene rings is 4. The number of amides is 2. The van der Waals surface area contributed by atoms with Crippen LogP contribution in [0.5, 0.6) is 5.75 Å². The van der Waals surface area contributed by atoms with Gasteiger partial charge in [-0.1, -0.05) is 78.3 Å². The first kappa shape index (κ1) is 25.1. The van der Waals surface area contributed by atoms with Crippen molar-refractivity contribution in [3.63, 3.8) is 0 Å². The molecule has 188 valence electrons. The lowest BCUT2D eigenvalue weighted by atomic mass is 10.0. The van der Waals surface area contributed by atoms with Gasteiger partial charge in [0.2, 0.25) is 0 Å². The number of halogens is 1. The zero-order valence-corrected chi connectivity index (χ0v) is 21.4. The molecule has 5 rings (SSSR count). The minimum absolute atomic E-state index is 0.258. The number of thiophene rings is 1. The van der Waals surface area contributed by atoms with Crippen molar-refractivity contribution in [1.82, 2.24) is 10.7 Å². The number of hydrogen-bond donors (Lipinski definition) is 2. The summed E-state index contributed by atoms with van der Waals surface area (Å²) in [6, 6.07) is 27.2. The molecule has 0 atom stereocenters. The Bertz CT molecular complexity index is 1710. The van der Waals surface area contributed by atoms with E-state index >= 15 is 0 Å². The lowest BCUT2D eigenvalue weighted by molar-refractivity contribution is -0.120. The molecule has 0 saturated heterocycles. The number of esters is 1. The molecule has 0 unspecified atom stereocenters. The molecule has 2 amide bonds. The van der Waals surface area contributed by atoms with E-state index in [0.29, 0.717) is 21.0 Å². The number of ether oxygens (including phenoxy) is 1. The molecule has 38 heavy (non-hydrogen) atoms. The number of nitrogens with one attached hydrogen (secondary N) is 2. The fourth-order valence-electron chi connectivity index (χ4n) is 3.86. The van der Waals surface area contributed by atoms with Gasteiger partial charge in [0.05, 0.1) is 17.8 Å². The van der Waals surface area contributed by atoms with Gasteiger partial charge in [0.1, 0.15) is 10.6 Å². The van der Waals surface area contributed by atoms with Crippen LogP contribution in [0.25, 0.3) is 20.9 Å². The molecule has 0 spiro atoms. The minimum Gasteiger partial charge on any atom is -0.422 e. The Hall–Kier alpha value is -4.53. The van der Waals surface area contributed by atoms with E-state index in [9.17, 15) is 14.4 Å². The van der Waals surface area contributed by atoms with Crippen LogP contribution < -0.4 is 15.5 Å². The maximum atomic E-state index is 12.8. The van der Waals surface area contributed by atoms with Crippen molar-refractivity contribution in [1.29, 1.82) is 0 Å². The summed E-state index contributed by atoms with van der Waals surface area (Å²) in [5.74, 6) is -1.20. The molecule has 1 aromatic heterocycles. The number of fused-ring (bicyclic) bond motifs is 2. The van der Waals surface area contributed by atoms with Crippen LogP contribution in [0.1, 0.15) is 25.6 Å². The average Bonchev–Trinajstić information content (AvgIpc) is 3.29. The lowest BCUT2D eigenvalue weighted by Gasteiger charge is -2.08. The van der Waals surface area contributed by atoms with Crippen molar-refractivity contribution in [2.75, 3.05) is 6.54 Å². The lowest BCUT2D eigenvalue weighted by Crippen LogP contribution is -2.35. The minimum atomic E-state index is -0.586. The van der Waals surface area contributed by atoms with E-state index in [2.05, 4.69) is 15.8 Å². The Kier molecular flexibility index (Phi) is 7.44. The molecule has 5 aromatic rings. The second-order valence-corrected chi connectivity index (χ2v) is 9.60. The van der Waals surface area contributed by atoms with E-state index in [4.69, 9.17) is 16.3 Å². The Morgan fingerprint density at radius 3 is 2.42 bits per heavy atom. The van der Waals surface area contributed by atoms with E-state index in [1.807, 2.05) is 54.6 Å². The highest BCUT2D eigenvalue weighted by atomic mass is 35.5. The summed E-state index contributed by atoms with van der Waals surface area (Å²) >= 11 is 7.66. The Balaban J connectivity index is 1.20. The van der Waals surface area contributed by atoms with Crippen molar-refractivity contribution < 1.29 is 19.1 Å². The fourth-order valence-corrected chi connectivity index (χ4v) is 5.25. The van der Waals surface area contributed by atoms with E-state index < -0.39 is 11.9 Å². The van der Waals surface area contributed by atoms with E-state index in [-0.39, 0.29) is 18.2 Å². The van der Waals surface area contributed by atoms with Crippen molar-refractivity contribution in [2.24, 2.45) is 5.10 Å². The van der Waals surface area contributed by atoms with Gasteiger partial charge < -0.3 is 10.1 Å². The molecule has 0 aliphatic carbocycles. The van der Waals surface area contributed by atoms with Crippen molar-refractivity contribution >= 4 is 67.8 Å². The summed E-state index contributed by atoms with van der Waals surface area (Å²) in [5, 5.41) is 9.42. The summed E-state index contributed by atoms with van der Waals surface area (Å²) in [6.07, 6.45) is 1.36. The molecule has 0 aliphatic rings. The average molecular weight is 542 g/mol. The summed E-state index contributed by atoms with van der Waals surface area (Å²) in [6.45, 7) is -0.263. The van der Waals surface area contributed by atoms with Gasteiger partial charge in [-0.05, 0) is 35.0 Å². The number of hydrazone groups is 1. The fraction of sp³-hybridized carbons (Fsp3) is 0.0345. The van der Waals surface area contributed by atoms with Gasteiger partial charge in [0.15, 0.2) is 0 Å². The van der Waals surface area contributed by atoms with Crippen LogP contribution in [-0.2, 0) is 4.79 Å². The number of hydrogen-bond acceptors (Lipinski definition) is 6. The van der Waals surface area contributed by atoms with Crippen molar-refractivity contribution in [3.8, 4) is 5.75 Å². The SMILES string of the molecule is O=C(CNC(=O)c1cccc2ccccc12)N/N=C\c1ccccc1OC(=O)c1sc2ccccc2c1Cl. The summed E-state index contributed by atoms with van der Waals surface area (Å²) in [5.41, 5.74) is 3.32. The van der Waals surface area contributed by atoms with Crippen LogP contribution in [0.4, 0.5) is 0 Å². The molecule has 0 saturated carbocycles. The van der Waals surface area contributed by atoms with Gasteiger partial charge in [-0.2, -0.15) is 5.10 Å². The molecule has 2 N–H and O–H groups in total. The first-order valence-corrected chi connectivity index (χ1v) is 12.8. The molecule has 0 radical (unpaired) electrons. The van der Waals surface area contributed by atoms with Gasteiger partial charge >= 0.3 is 5.97 Å². The van der Waals surface area contributed by atoms with Crippen LogP contribution in [0, 0.1) is 0 Å². The summed E-state index contributed by atoms with van der Waals surface area (Å²) < 4.78 is 6.47. The second kappa shape index (κ2) is 11.2. The van der Waals surface area contributed by atoms with Crippen molar-refractivity contribution in [3.05, 3.63) is 112 Å². The number of carbonyl (C=O) groups is 3. The van der Waals surface area contributed by atoms with E-state index in [1.54, 1.807) is 36.4 Å². The van der Waals surface area contributed by atoms with Gasteiger partial charge in [-0.25, -0.2) is 10.2 Å². The Morgan fingerprint density at radius 1 is 0.868 bits per heavy atom.